The van der Waals surface area contributed by atoms with Gasteiger partial charge in [0.1, 0.15) is 12.7 Å². The van der Waals surface area contributed by atoms with E-state index in [0.29, 0.717) is 76.5 Å². The third-order valence-corrected chi connectivity index (χ3v) is 13.7. The minimum absolute atomic E-state index is 0.0175. The van der Waals surface area contributed by atoms with Gasteiger partial charge in [-0.25, -0.2) is 24.0 Å². The third-order valence-electron chi connectivity index (χ3n) is 13.2. The van der Waals surface area contributed by atoms with E-state index in [-0.39, 0.29) is 62.6 Å². The van der Waals surface area contributed by atoms with Crippen molar-refractivity contribution in [2.75, 3.05) is 44.4 Å². The molecule has 1 aliphatic heterocycles. The Morgan fingerprint density at radius 2 is 1.25 bits per heavy atom. The van der Waals surface area contributed by atoms with Crippen LogP contribution in [0.1, 0.15) is 132 Å². The van der Waals surface area contributed by atoms with E-state index in [1.54, 1.807) is 0 Å². The predicted molar refractivity (Wildman–Crippen MR) is 290 cm³/mol. The minimum Gasteiger partial charge on any atom is -0.470 e. The number of unbranched alkanes of at least 4 members (excludes halogenated alkanes) is 1. The highest BCUT2D eigenvalue weighted by atomic mass is 32.1. The van der Waals surface area contributed by atoms with Gasteiger partial charge in [0.15, 0.2) is 30.5 Å². The molecule has 2 heterocycles. The number of allylic oxidation sites excluding steroid dienone is 2. The summed E-state index contributed by atoms with van der Waals surface area (Å²) in [4.78, 5) is 103. The Bertz CT molecular complexity index is 2360. The van der Waals surface area contributed by atoms with E-state index >= 15 is 0 Å². The number of aliphatic hydroxyl groups excluding tert-OH is 3. The van der Waals surface area contributed by atoms with E-state index in [1.165, 1.54) is 6.92 Å². The number of carbonyl (C=O) groups excluding carboxylic acids is 8. The number of anilines is 1. The summed E-state index contributed by atoms with van der Waals surface area (Å²) in [6.07, 6.45) is -3.31. The van der Waals surface area contributed by atoms with Gasteiger partial charge in [-0.1, -0.05) is 42.5 Å². The molecule has 0 spiro atoms. The summed E-state index contributed by atoms with van der Waals surface area (Å²) in [5.74, 6) is -7.60. The second kappa shape index (κ2) is 34.4. The number of nitrogens with zero attached hydrogens (tertiary/aromatic N) is 3. The van der Waals surface area contributed by atoms with Gasteiger partial charge in [-0.3, -0.25) is 14.4 Å². The number of hydrogen-bond donors (Lipinski definition) is 4. The number of carbonyl (C=O) groups is 8. The zero-order chi connectivity index (χ0) is 59.6. The molecule has 1 saturated carbocycles. The lowest BCUT2D eigenvalue weighted by Gasteiger charge is -2.27. The molecule has 0 radical (unpaired) electrons. The summed E-state index contributed by atoms with van der Waals surface area (Å²) < 4.78 is 55.8. The van der Waals surface area contributed by atoms with Gasteiger partial charge in [0.25, 0.3) is 5.88 Å². The smallest absolute Gasteiger partial charge is 0.354 e. The van der Waals surface area contributed by atoms with E-state index in [2.05, 4.69) is 14.1 Å². The van der Waals surface area contributed by atoms with Gasteiger partial charge < -0.3 is 68.2 Å². The number of aryl methyl sites for hydroxylation is 1. The molecule has 0 bridgehead atoms. The van der Waals surface area contributed by atoms with Gasteiger partial charge in [-0.2, -0.15) is 4.37 Å². The second-order valence-electron chi connectivity index (χ2n) is 21.2. The van der Waals surface area contributed by atoms with E-state index in [1.807, 2.05) is 68.2 Å². The molecule has 24 nitrogen and oxygen atoms in total. The van der Waals surface area contributed by atoms with Crippen molar-refractivity contribution in [3.05, 3.63) is 48.0 Å². The molecule has 4 rings (SSSR count). The zero-order valence-corrected chi connectivity index (χ0v) is 48.5. The molecule has 0 amide bonds. The lowest BCUT2D eigenvalue weighted by Crippen LogP contribution is -2.44. The Morgan fingerprint density at radius 1 is 0.704 bits per heavy atom. The quantitative estimate of drug-likeness (QED) is 0.0256. The van der Waals surface area contributed by atoms with Gasteiger partial charge in [-0.05, 0) is 131 Å². The van der Waals surface area contributed by atoms with Gasteiger partial charge in [-0.15, -0.1) is 4.37 Å². The molecule has 25 heteroatoms. The van der Waals surface area contributed by atoms with Crippen molar-refractivity contribution in [3.8, 4) is 5.88 Å². The van der Waals surface area contributed by atoms with Crippen LogP contribution in [0, 0.1) is 11.8 Å². The van der Waals surface area contributed by atoms with Crippen LogP contribution in [0.2, 0.25) is 0 Å². The molecule has 81 heavy (non-hydrogen) atoms. The maximum Gasteiger partial charge on any atom is 0.354 e. The summed E-state index contributed by atoms with van der Waals surface area (Å²) >= 11 is 1.00. The van der Waals surface area contributed by atoms with Crippen molar-refractivity contribution in [2.24, 2.45) is 11.8 Å². The second-order valence-corrected chi connectivity index (χ2v) is 21.7. The minimum atomic E-state index is -1.62. The van der Waals surface area contributed by atoms with Crippen LogP contribution in [0.3, 0.4) is 0 Å². The Labute approximate surface area is 477 Å². The van der Waals surface area contributed by atoms with E-state index in [4.69, 9.17) is 42.6 Å². The molecule has 1 saturated heterocycles. The number of ether oxygens (including phenoxy) is 9. The topological polar surface area (TPSA) is 321 Å². The maximum atomic E-state index is 12.9. The summed E-state index contributed by atoms with van der Waals surface area (Å²) in [7, 11) is 0. The Morgan fingerprint density at radius 3 is 1.84 bits per heavy atom. The first-order valence-corrected chi connectivity index (χ1v) is 28.3. The SMILES string of the molecule is CC(OC(=O)CCCC(=O)OC(CNC(C)(C)C)COc1nsnc1N1CCOCC1)C(=O)OC(C)C(=O)OC(C)C(=O)OC(C)C(=O)OC(C)C(=O)OC(=O)CCC/C=C\CC1[C@H](O)C[C@H](O)[C@H]1CC[C@H](O)CCc1ccccc1. The number of hydrogen-bond acceptors (Lipinski definition) is 25. The number of aliphatic hydroxyl groups is 3. The van der Waals surface area contributed by atoms with Crippen LogP contribution < -0.4 is 15.0 Å². The van der Waals surface area contributed by atoms with Gasteiger partial charge in [0.05, 0.1) is 43.3 Å². The first-order valence-electron chi connectivity index (χ1n) is 27.6. The first kappa shape index (κ1) is 67.4. The number of benzene rings is 1. The van der Waals surface area contributed by atoms with E-state index in [9.17, 15) is 53.7 Å². The van der Waals surface area contributed by atoms with Crippen LogP contribution in [0.15, 0.2) is 42.5 Å². The van der Waals surface area contributed by atoms with Crippen LogP contribution >= 0.6 is 11.7 Å². The molecule has 1 aromatic carbocycles. The highest BCUT2D eigenvalue weighted by Crippen LogP contribution is 2.38. The zero-order valence-electron chi connectivity index (χ0n) is 47.7. The molecule has 452 valence electrons. The Hall–Kier alpha value is -6.12. The van der Waals surface area contributed by atoms with Crippen molar-refractivity contribution in [1.82, 2.24) is 14.1 Å². The van der Waals surface area contributed by atoms with Gasteiger partial charge in [0.2, 0.25) is 5.82 Å². The monoisotopic (exact) mass is 1160 g/mol. The van der Waals surface area contributed by atoms with Crippen LogP contribution in [-0.2, 0) is 82.7 Å². The average Bonchev–Trinajstić information content (AvgIpc) is 4.05. The fraction of sp³-hybridized carbons (Fsp3) is 0.679. The number of morpholine rings is 1. The Kier molecular flexibility index (Phi) is 28.6. The molecule has 11 atom stereocenters. The fourth-order valence-corrected chi connectivity index (χ4v) is 9.08. The van der Waals surface area contributed by atoms with Crippen molar-refractivity contribution < 1.29 is 96.3 Å². The van der Waals surface area contributed by atoms with Crippen LogP contribution in [0.4, 0.5) is 5.82 Å². The average molecular weight is 1160 g/mol. The predicted octanol–water partition coefficient (Wildman–Crippen LogP) is 4.20. The Balaban J connectivity index is 1.07. The molecule has 4 N–H and O–H groups in total. The molecule has 2 fully saturated rings. The summed E-state index contributed by atoms with van der Waals surface area (Å²) in [5, 5.41) is 35.1. The molecule has 1 aromatic heterocycles. The van der Waals surface area contributed by atoms with Crippen LogP contribution in [-0.4, -0.2) is 172 Å². The lowest BCUT2D eigenvalue weighted by molar-refractivity contribution is -0.187. The maximum absolute atomic E-state index is 12.9. The van der Waals surface area contributed by atoms with Crippen molar-refractivity contribution >= 4 is 65.3 Å². The molecular weight excluding hydrogens is 1080 g/mol. The fourth-order valence-electron chi connectivity index (χ4n) is 8.56. The highest BCUT2D eigenvalue weighted by molar-refractivity contribution is 6.99. The summed E-state index contributed by atoms with van der Waals surface area (Å²) in [6.45, 7) is 14.2. The largest absolute Gasteiger partial charge is 0.470 e. The van der Waals surface area contributed by atoms with Crippen LogP contribution in [0.5, 0.6) is 5.88 Å². The number of rotatable bonds is 33. The molecule has 1 aliphatic carbocycles. The number of nitrogens with one attached hydrogen (secondary N) is 1. The molecule has 2 aromatic rings. The molecular formula is C56H82N4O20S. The summed E-state index contributed by atoms with van der Waals surface area (Å²) in [5.41, 5.74) is 0.844. The van der Waals surface area contributed by atoms with E-state index in [0.717, 1.165) is 51.4 Å². The molecule has 2 aliphatic rings. The van der Waals surface area contributed by atoms with E-state index < -0.39 is 103 Å². The molecule has 7 unspecified atom stereocenters. The van der Waals surface area contributed by atoms with Crippen molar-refractivity contribution in [1.29, 1.82) is 0 Å². The summed E-state index contributed by atoms with van der Waals surface area (Å²) in [6, 6.07) is 9.88. The van der Waals surface area contributed by atoms with Crippen LogP contribution in [0.25, 0.3) is 0 Å². The number of esters is 8. The normalized spacial score (nSPS) is 19.9. The van der Waals surface area contributed by atoms with Gasteiger partial charge in [0, 0.05) is 44.4 Å². The number of aromatic nitrogens is 2. The van der Waals surface area contributed by atoms with Gasteiger partial charge >= 0.3 is 47.8 Å². The highest BCUT2D eigenvalue weighted by Gasteiger charge is 2.41. The van der Waals surface area contributed by atoms with Crippen molar-refractivity contribution in [2.45, 2.75) is 193 Å². The first-order chi connectivity index (χ1) is 38.4. The standard InChI is InChI=1S/C56H82N4O20S/c1-34(74-46(64)21-16-22-47(65)79-41(32-57-56(6,7)8)33-73-50-49(58-81-59-50)60-27-29-72-30-28-60)51(67)75-35(2)52(68)76-36(3)53(69)77-37(4)54(70)78-38(5)55(71)80-48(66)20-15-10-9-14-19-42-43(45(63)31-44(42)62)26-25-40(61)24-23-39-17-12-11-13-18-39/h9,11-14,17-18,34-38,40-45,57,61-63H,10,15-16,19-33H2,1-8H3/b14-9-/t34?,35?,36?,37?,38?,40-,41?,42?,43+,44-,45+/m1/s1. The lowest BCUT2D eigenvalue weighted by atomic mass is 9.85. The van der Waals surface area contributed by atoms with Crippen molar-refractivity contribution in [3.63, 3.8) is 0 Å². The third kappa shape index (κ3) is 24.9.